The van der Waals surface area contributed by atoms with Crippen LogP contribution in [-0.4, -0.2) is 28.7 Å². The normalized spacial score (nSPS) is 18.1. The van der Waals surface area contributed by atoms with E-state index in [0.29, 0.717) is 5.89 Å². The molecular weight excluding hydrogens is 256 g/mol. The minimum atomic E-state index is -0.0787. The van der Waals surface area contributed by atoms with Crippen molar-refractivity contribution < 1.29 is 9.21 Å². The maximum Gasteiger partial charge on any atom is 0.247 e. The van der Waals surface area contributed by atoms with Crippen molar-refractivity contribution in [2.24, 2.45) is 0 Å². The number of aromatic nitrogens is 2. The van der Waals surface area contributed by atoms with Gasteiger partial charge in [-0.3, -0.25) is 4.79 Å². The molecule has 0 saturated carbocycles. The maximum absolute atomic E-state index is 12.1. The number of carbonyl (C=O) groups is 1. The molecule has 1 amide bonds. The van der Waals surface area contributed by atoms with E-state index < -0.39 is 0 Å². The highest BCUT2D eigenvalue weighted by Gasteiger charge is 2.22. The minimum absolute atomic E-state index is 0.0242. The van der Waals surface area contributed by atoms with Crippen LogP contribution >= 0.6 is 0 Å². The first kappa shape index (κ1) is 12.8. The molecule has 0 aliphatic carbocycles. The monoisotopic (exact) mass is 272 g/mol. The van der Waals surface area contributed by atoms with Crippen LogP contribution in [0.25, 0.3) is 11.5 Å². The molecule has 1 atom stereocenters. The number of nitrogens with one attached hydrogen (secondary N) is 2. The summed E-state index contributed by atoms with van der Waals surface area (Å²) in [7, 11) is 0. The Morgan fingerprint density at radius 2 is 2.40 bits per heavy atom. The Balaban J connectivity index is 1.76. The van der Waals surface area contributed by atoms with Crippen LogP contribution in [0.5, 0.6) is 0 Å². The number of aryl methyl sites for hydroxylation is 1. The number of hydrogen-bond donors (Lipinski definition) is 2. The smallest absolute Gasteiger partial charge is 0.247 e. The topological polar surface area (TPSA) is 80.1 Å². The lowest BCUT2D eigenvalue weighted by atomic mass is 10.1. The molecule has 2 aromatic rings. The zero-order chi connectivity index (χ0) is 13.9. The van der Waals surface area contributed by atoms with E-state index in [1.165, 1.54) is 6.39 Å². The zero-order valence-corrected chi connectivity index (χ0v) is 11.2. The third-order valence-electron chi connectivity index (χ3n) is 3.47. The molecule has 0 bridgehead atoms. The molecule has 0 unspecified atom stereocenters. The first-order chi connectivity index (χ1) is 9.74. The zero-order valence-electron chi connectivity index (χ0n) is 11.2. The van der Waals surface area contributed by atoms with E-state index in [9.17, 15) is 4.79 Å². The molecule has 0 radical (unpaired) electrons. The van der Waals surface area contributed by atoms with Gasteiger partial charge in [0.25, 0.3) is 0 Å². The highest BCUT2D eigenvalue weighted by Crippen LogP contribution is 2.23. The van der Waals surface area contributed by atoms with Crippen molar-refractivity contribution in [1.29, 1.82) is 0 Å². The van der Waals surface area contributed by atoms with Crippen LogP contribution in [0.15, 0.2) is 29.0 Å². The fourth-order valence-corrected chi connectivity index (χ4v) is 2.36. The van der Waals surface area contributed by atoms with Crippen LogP contribution < -0.4 is 10.6 Å². The predicted octanol–water partition coefficient (Wildman–Crippen LogP) is 1.74. The molecule has 1 aliphatic rings. The predicted molar refractivity (Wildman–Crippen MR) is 74.1 cm³/mol. The molecule has 1 aliphatic heterocycles. The van der Waals surface area contributed by atoms with E-state index in [-0.39, 0.29) is 11.9 Å². The summed E-state index contributed by atoms with van der Waals surface area (Å²) >= 11 is 0. The molecule has 2 heterocycles. The van der Waals surface area contributed by atoms with Crippen molar-refractivity contribution in [2.45, 2.75) is 25.8 Å². The molecule has 0 spiro atoms. The Morgan fingerprint density at radius 3 is 3.05 bits per heavy atom. The van der Waals surface area contributed by atoms with Gasteiger partial charge < -0.3 is 15.1 Å². The molecule has 1 aromatic carbocycles. The average Bonchev–Trinajstić information content (AvgIpc) is 3.14. The van der Waals surface area contributed by atoms with Gasteiger partial charge in [-0.25, -0.2) is 0 Å². The third kappa shape index (κ3) is 2.55. The lowest BCUT2D eigenvalue weighted by Crippen LogP contribution is -2.35. The summed E-state index contributed by atoms with van der Waals surface area (Å²) in [4.78, 5) is 12.1. The summed E-state index contributed by atoms with van der Waals surface area (Å²) in [5, 5.41) is 13.7. The van der Waals surface area contributed by atoms with Crippen LogP contribution in [0.3, 0.4) is 0 Å². The van der Waals surface area contributed by atoms with Gasteiger partial charge in [0.2, 0.25) is 18.2 Å². The Morgan fingerprint density at radius 1 is 1.50 bits per heavy atom. The van der Waals surface area contributed by atoms with Crippen LogP contribution in [0.2, 0.25) is 0 Å². The van der Waals surface area contributed by atoms with Crippen molar-refractivity contribution in [3.63, 3.8) is 0 Å². The second-order valence-corrected chi connectivity index (χ2v) is 4.91. The molecule has 104 valence electrons. The number of nitrogens with zero attached hydrogens (tertiary/aromatic N) is 2. The van der Waals surface area contributed by atoms with Crippen molar-refractivity contribution in [3.05, 3.63) is 30.2 Å². The molecule has 2 N–H and O–H groups in total. The second-order valence-electron chi connectivity index (χ2n) is 4.91. The molecule has 20 heavy (non-hydrogen) atoms. The highest BCUT2D eigenvalue weighted by atomic mass is 16.4. The van der Waals surface area contributed by atoms with E-state index in [4.69, 9.17) is 4.42 Å². The minimum Gasteiger partial charge on any atom is -0.423 e. The number of rotatable bonds is 3. The van der Waals surface area contributed by atoms with Gasteiger partial charge in [0, 0.05) is 11.3 Å². The number of carbonyl (C=O) groups excluding carboxylic acids is 1. The van der Waals surface area contributed by atoms with Crippen molar-refractivity contribution in [2.75, 3.05) is 11.9 Å². The van der Waals surface area contributed by atoms with Gasteiger partial charge in [-0.1, -0.05) is 0 Å². The van der Waals surface area contributed by atoms with Crippen molar-refractivity contribution in [1.82, 2.24) is 15.5 Å². The van der Waals surface area contributed by atoms with Crippen molar-refractivity contribution >= 4 is 11.6 Å². The first-order valence-electron chi connectivity index (χ1n) is 6.65. The van der Waals surface area contributed by atoms with Crippen LogP contribution in [0.4, 0.5) is 5.69 Å². The summed E-state index contributed by atoms with van der Waals surface area (Å²) in [5.74, 6) is 0.500. The SMILES string of the molecule is Cc1cc(-c2nnco2)ccc1NC(=O)[C@@H]1CCCN1. The average molecular weight is 272 g/mol. The molecule has 1 aromatic heterocycles. The second kappa shape index (κ2) is 5.42. The van der Waals surface area contributed by atoms with Crippen LogP contribution in [0, 0.1) is 6.92 Å². The Hall–Kier alpha value is -2.21. The summed E-state index contributed by atoms with van der Waals surface area (Å²) in [6, 6.07) is 5.57. The molecule has 1 saturated heterocycles. The van der Waals surface area contributed by atoms with E-state index in [0.717, 1.165) is 36.2 Å². The van der Waals surface area contributed by atoms with Gasteiger partial charge in [0.05, 0.1) is 6.04 Å². The van der Waals surface area contributed by atoms with E-state index in [1.807, 2.05) is 25.1 Å². The van der Waals surface area contributed by atoms with E-state index in [2.05, 4.69) is 20.8 Å². The standard InChI is InChI=1S/C14H16N4O2/c1-9-7-10(14-18-16-8-20-14)4-5-11(9)17-13(19)12-3-2-6-15-12/h4-5,7-8,12,15H,2-3,6H2,1H3,(H,17,19)/t12-/m0/s1. The fourth-order valence-electron chi connectivity index (χ4n) is 2.36. The van der Waals surface area contributed by atoms with E-state index in [1.54, 1.807) is 0 Å². The molecular formula is C14H16N4O2. The molecule has 6 heteroatoms. The lowest BCUT2D eigenvalue weighted by molar-refractivity contribution is -0.117. The quantitative estimate of drug-likeness (QED) is 0.889. The Kier molecular flexibility index (Phi) is 3.47. The van der Waals surface area contributed by atoms with Gasteiger partial charge in [-0.05, 0) is 50.1 Å². The lowest BCUT2D eigenvalue weighted by Gasteiger charge is -2.13. The van der Waals surface area contributed by atoms with E-state index >= 15 is 0 Å². The number of hydrogen-bond acceptors (Lipinski definition) is 5. The number of benzene rings is 1. The summed E-state index contributed by atoms with van der Waals surface area (Å²) in [5.41, 5.74) is 2.62. The summed E-state index contributed by atoms with van der Waals surface area (Å²) in [6.07, 6.45) is 3.24. The molecule has 6 nitrogen and oxygen atoms in total. The maximum atomic E-state index is 12.1. The largest absolute Gasteiger partial charge is 0.423 e. The Bertz CT molecular complexity index is 604. The van der Waals surface area contributed by atoms with Gasteiger partial charge in [-0.15, -0.1) is 10.2 Å². The first-order valence-corrected chi connectivity index (χ1v) is 6.65. The van der Waals surface area contributed by atoms with Crippen LogP contribution in [-0.2, 0) is 4.79 Å². The van der Waals surface area contributed by atoms with Gasteiger partial charge >= 0.3 is 0 Å². The third-order valence-corrected chi connectivity index (χ3v) is 3.47. The molecule has 1 fully saturated rings. The van der Waals surface area contributed by atoms with Crippen LogP contribution in [0.1, 0.15) is 18.4 Å². The number of amides is 1. The van der Waals surface area contributed by atoms with Gasteiger partial charge in [0.15, 0.2) is 0 Å². The fraction of sp³-hybridized carbons (Fsp3) is 0.357. The van der Waals surface area contributed by atoms with Gasteiger partial charge in [0.1, 0.15) is 0 Å². The summed E-state index contributed by atoms with van der Waals surface area (Å²) < 4.78 is 5.16. The highest BCUT2D eigenvalue weighted by molar-refractivity contribution is 5.95. The number of anilines is 1. The Labute approximate surface area is 116 Å². The van der Waals surface area contributed by atoms with Gasteiger partial charge in [-0.2, -0.15) is 0 Å². The summed E-state index contributed by atoms with van der Waals surface area (Å²) in [6.45, 7) is 2.85. The molecule has 3 rings (SSSR count). The van der Waals surface area contributed by atoms with Crippen molar-refractivity contribution in [3.8, 4) is 11.5 Å².